The standard InChI is InChI=1S/C32H31N3O5S/c1-2-17-34-32(37)26-11-6-7-14-31(26)41(38,39)21-27-24-12-8-13-28(36)25(24)15-16-29(27)40-30(20-35-19-18-33-22-35)23-9-4-3-5-10-23/h2-7,9-11,14-16,18-19,22,30H,1,8,12-13,17,20-21H2,(H,34,37)/t30-/m1/s1. The fraction of sp³-hybridized carbons (Fsp3) is 0.219. The zero-order valence-electron chi connectivity index (χ0n) is 22.5. The van der Waals surface area contributed by atoms with Crippen molar-refractivity contribution >= 4 is 21.5 Å². The van der Waals surface area contributed by atoms with Crippen LogP contribution < -0.4 is 10.1 Å². The normalized spacial score (nSPS) is 13.7. The Morgan fingerprint density at radius 3 is 2.61 bits per heavy atom. The molecule has 1 heterocycles. The molecule has 0 saturated carbocycles. The van der Waals surface area contributed by atoms with E-state index in [0.717, 1.165) is 5.56 Å². The number of nitrogens with one attached hydrogen (secondary N) is 1. The van der Waals surface area contributed by atoms with Crippen molar-refractivity contribution in [2.45, 2.75) is 42.6 Å². The fourth-order valence-electron chi connectivity index (χ4n) is 5.12. The third-order valence-electron chi connectivity index (χ3n) is 7.10. The van der Waals surface area contributed by atoms with Crippen LogP contribution in [0.4, 0.5) is 0 Å². The molecule has 3 aromatic carbocycles. The van der Waals surface area contributed by atoms with Crippen LogP contribution in [0.15, 0.2) is 103 Å². The maximum absolute atomic E-state index is 14.0. The zero-order chi connectivity index (χ0) is 28.8. The van der Waals surface area contributed by atoms with Crippen LogP contribution in [0.3, 0.4) is 0 Å². The molecule has 4 aromatic rings. The average molecular weight is 570 g/mol. The third-order valence-corrected chi connectivity index (χ3v) is 8.80. The highest BCUT2D eigenvalue weighted by Gasteiger charge is 2.30. The van der Waals surface area contributed by atoms with Gasteiger partial charge in [0.2, 0.25) is 0 Å². The van der Waals surface area contributed by atoms with Crippen LogP contribution >= 0.6 is 0 Å². The number of rotatable bonds is 11. The van der Waals surface area contributed by atoms with E-state index in [0.29, 0.717) is 48.2 Å². The number of aromatic nitrogens is 2. The molecular formula is C32H31N3O5S. The summed E-state index contributed by atoms with van der Waals surface area (Å²) >= 11 is 0. The maximum atomic E-state index is 14.0. The number of carbonyl (C=O) groups excluding carboxylic acids is 2. The molecule has 0 fully saturated rings. The number of Topliss-reactive ketones (excluding diaryl/α,β-unsaturated/α-hetero) is 1. The lowest BCUT2D eigenvalue weighted by Crippen LogP contribution is -2.25. The smallest absolute Gasteiger partial charge is 0.252 e. The van der Waals surface area contributed by atoms with Gasteiger partial charge in [-0.2, -0.15) is 0 Å². The minimum Gasteiger partial charge on any atom is -0.484 e. The highest BCUT2D eigenvalue weighted by atomic mass is 32.2. The first-order valence-electron chi connectivity index (χ1n) is 13.4. The molecule has 9 heteroatoms. The molecule has 0 radical (unpaired) electrons. The predicted molar refractivity (Wildman–Crippen MR) is 156 cm³/mol. The van der Waals surface area contributed by atoms with Crippen LogP contribution in [0.1, 0.15) is 56.4 Å². The van der Waals surface area contributed by atoms with E-state index in [-0.39, 0.29) is 22.8 Å². The van der Waals surface area contributed by atoms with Crippen molar-refractivity contribution in [2.24, 2.45) is 0 Å². The Hall–Kier alpha value is -4.50. The summed E-state index contributed by atoms with van der Waals surface area (Å²) in [6, 6.07) is 19.2. The largest absolute Gasteiger partial charge is 0.484 e. The number of carbonyl (C=O) groups is 2. The molecule has 1 aliphatic carbocycles. The number of sulfone groups is 1. The number of hydrogen-bond donors (Lipinski definition) is 1. The molecule has 0 spiro atoms. The molecule has 41 heavy (non-hydrogen) atoms. The first-order valence-corrected chi connectivity index (χ1v) is 15.1. The second-order valence-corrected chi connectivity index (χ2v) is 11.8. The quantitative estimate of drug-likeness (QED) is 0.252. The lowest BCUT2D eigenvalue weighted by molar-refractivity contribution is 0.0951. The third kappa shape index (κ3) is 6.30. The fourth-order valence-corrected chi connectivity index (χ4v) is 6.75. The SMILES string of the molecule is C=CCNC(=O)c1ccccc1S(=O)(=O)Cc1c(O[C@H](Cn2ccnc2)c2ccccc2)ccc2c1CCCC2=O. The van der Waals surface area contributed by atoms with Gasteiger partial charge < -0.3 is 14.6 Å². The van der Waals surface area contributed by atoms with Crippen LogP contribution in [0.25, 0.3) is 0 Å². The van der Waals surface area contributed by atoms with Gasteiger partial charge in [0.25, 0.3) is 5.91 Å². The van der Waals surface area contributed by atoms with E-state index in [1.807, 2.05) is 41.1 Å². The topological polar surface area (TPSA) is 107 Å². The van der Waals surface area contributed by atoms with Crippen molar-refractivity contribution in [1.29, 1.82) is 0 Å². The lowest BCUT2D eigenvalue weighted by Gasteiger charge is -2.26. The second-order valence-electron chi connectivity index (χ2n) is 9.88. The minimum atomic E-state index is -4.03. The second kappa shape index (κ2) is 12.3. The van der Waals surface area contributed by atoms with Crippen LogP contribution in [0, 0.1) is 0 Å². The molecule has 5 rings (SSSR count). The van der Waals surface area contributed by atoms with E-state index in [1.165, 1.54) is 18.2 Å². The molecule has 1 aromatic heterocycles. The van der Waals surface area contributed by atoms with Crippen LogP contribution in [0.5, 0.6) is 5.75 Å². The predicted octanol–water partition coefficient (Wildman–Crippen LogP) is 5.11. The van der Waals surface area contributed by atoms with Gasteiger partial charge in [-0.05, 0) is 48.2 Å². The Bertz CT molecular complexity index is 1660. The van der Waals surface area contributed by atoms with E-state index >= 15 is 0 Å². The molecule has 1 N–H and O–H groups in total. The van der Waals surface area contributed by atoms with E-state index in [4.69, 9.17) is 4.74 Å². The maximum Gasteiger partial charge on any atom is 0.252 e. The van der Waals surface area contributed by atoms with Gasteiger partial charge in [0.05, 0.1) is 29.1 Å². The zero-order valence-corrected chi connectivity index (χ0v) is 23.3. The van der Waals surface area contributed by atoms with Crippen LogP contribution in [-0.2, 0) is 28.6 Å². The highest BCUT2D eigenvalue weighted by Crippen LogP contribution is 2.37. The van der Waals surface area contributed by atoms with Crippen molar-refractivity contribution in [3.05, 3.63) is 126 Å². The Morgan fingerprint density at radius 1 is 1.07 bits per heavy atom. The molecule has 1 atom stereocenters. The summed E-state index contributed by atoms with van der Waals surface area (Å²) in [7, 11) is -4.03. The van der Waals surface area contributed by atoms with E-state index in [2.05, 4.69) is 16.9 Å². The Kier molecular flexibility index (Phi) is 8.45. The van der Waals surface area contributed by atoms with Crippen LogP contribution in [-0.4, -0.2) is 36.2 Å². The van der Waals surface area contributed by atoms with Crippen molar-refractivity contribution in [3.63, 3.8) is 0 Å². The first-order chi connectivity index (χ1) is 19.9. The summed E-state index contributed by atoms with van der Waals surface area (Å²) in [6.07, 6.45) is 7.89. The summed E-state index contributed by atoms with van der Waals surface area (Å²) < 4.78 is 36.5. The molecule has 1 aliphatic rings. The van der Waals surface area contributed by atoms with Gasteiger partial charge in [0.15, 0.2) is 15.6 Å². The summed E-state index contributed by atoms with van der Waals surface area (Å²) in [6.45, 7) is 4.25. The van der Waals surface area contributed by atoms with Gasteiger partial charge in [-0.1, -0.05) is 48.5 Å². The number of ketones is 1. The molecule has 1 amide bonds. The summed E-state index contributed by atoms with van der Waals surface area (Å²) in [4.78, 5) is 29.7. The monoisotopic (exact) mass is 569 g/mol. The van der Waals surface area contributed by atoms with Gasteiger partial charge in [-0.3, -0.25) is 9.59 Å². The van der Waals surface area contributed by atoms with Gasteiger partial charge in [0, 0.05) is 36.5 Å². The minimum absolute atomic E-state index is 0.0151. The van der Waals surface area contributed by atoms with Gasteiger partial charge in [-0.15, -0.1) is 6.58 Å². The molecule has 0 unspecified atom stereocenters. The van der Waals surface area contributed by atoms with Crippen molar-refractivity contribution in [3.8, 4) is 5.75 Å². The summed E-state index contributed by atoms with van der Waals surface area (Å²) in [5, 5.41) is 2.66. The van der Waals surface area contributed by atoms with E-state index in [9.17, 15) is 18.0 Å². The van der Waals surface area contributed by atoms with Crippen LogP contribution in [0.2, 0.25) is 0 Å². The molecular weight excluding hydrogens is 538 g/mol. The van der Waals surface area contributed by atoms with E-state index in [1.54, 1.807) is 36.8 Å². The lowest BCUT2D eigenvalue weighted by atomic mass is 9.87. The summed E-state index contributed by atoms with van der Waals surface area (Å²) in [5.41, 5.74) is 2.62. The molecule has 8 nitrogen and oxygen atoms in total. The number of fused-ring (bicyclic) bond motifs is 1. The van der Waals surface area contributed by atoms with E-state index < -0.39 is 27.6 Å². The first kappa shape index (κ1) is 28.0. The number of ether oxygens (including phenoxy) is 1. The van der Waals surface area contributed by atoms with Crippen molar-refractivity contribution < 1.29 is 22.7 Å². The van der Waals surface area contributed by atoms with Crippen molar-refractivity contribution in [2.75, 3.05) is 6.54 Å². The molecule has 0 saturated heterocycles. The molecule has 0 aliphatic heterocycles. The molecule has 210 valence electrons. The summed E-state index contributed by atoms with van der Waals surface area (Å²) in [5.74, 6) is -0.546. The number of nitrogens with zero attached hydrogens (tertiary/aromatic N) is 2. The Labute approximate surface area is 239 Å². The number of imidazole rings is 1. The van der Waals surface area contributed by atoms with Gasteiger partial charge in [0.1, 0.15) is 11.9 Å². The van der Waals surface area contributed by atoms with Gasteiger partial charge >= 0.3 is 0 Å². The number of benzene rings is 3. The molecule has 0 bridgehead atoms. The van der Waals surface area contributed by atoms with Gasteiger partial charge in [-0.25, -0.2) is 13.4 Å². The number of amides is 1. The average Bonchev–Trinajstić information content (AvgIpc) is 3.50. The highest BCUT2D eigenvalue weighted by molar-refractivity contribution is 7.90. The number of hydrogen-bond acceptors (Lipinski definition) is 6. The Morgan fingerprint density at radius 2 is 1.85 bits per heavy atom. The Balaban J connectivity index is 1.57. The van der Waals surface area contributed by atoms with Crippen molar-refractivity contribution in [1.82, 2.24) is 14.9 Å².